The number of nitrogens with zero attached hydrogens (tertiary/aromatic N) is 1. The molecule has 0 radical (unpaired) electrons. The van der Waals surface area contributed by atoms with Crippen LogP contribution in [0, 0.1) is 0 Å². The van der Waals surface area contributed by atoms with Crippen LogP contribution in [0.1, 0.15) is 19.3 Å². The first-order valence-corrected chi connectivity index (χ1v) is 5.75. The van der Waals surface area contributed by atoms with Crippen molar-refractivity contribution in [2.45, 2.75) is 31.6 Å². The fourth-order valence-corrected chi connectivity index (χ4v) is 1.75. The van der Waals surface area contributed by atoms with E-state index in [0.717, 1.165) is 25.9 Å². The number of carbonyl (C=O) groups is 1. The molecule has 1 amide bonds. The molecule has 0 spiro atoms. The Balaban J connectivity index is 2.36. The summed E-state index contributed by atoms with van der Waals surface area (Å²) >= 11 is 4.88. The van der Waals surface area contributed by atoms with Crippen molar-refractivity contribution in [1.82, 2.24) is 4.90 Å². The molecule has 92 valence electrons. The van der Waals surface area contributed by atoms with Gasteiger partial charge in [-0.25, -0.2) is 0 Å². The summed E-state index contributed by atoms with van der Waals surface area (Å²) in [4.78, 5) is 12.3. The van der Waals surface area contributed by atoms with E-state index in [2.05, 4.69) is 0 Å². The highest BCUT2D eigenvalue weighted by Crippen LogP contribution is 2.14. The van der Waals surface area contributed by atoms with E-state index in [1.165, 1.54) is 4.90 Å². The van der Waals surface area contributed by atoms with Crippen LogP contribution >= 0.6 is 12.2 Å². The summed E-state index contributed by atoms with van der Waals surface area (Å²) in [5.41, 5.74) is 5.54. The molecule has 1 aliphatic heterocycles. The average Bonchev–Trinajstić information content (AvgIpc) is 2.30. The monoisotopic (exact) mass is 246 g/mol. The Morgan fingerprint density at radius 2 is 2.50 bits per heavy atom. The van der Waals surface area contributed by atoms with E-state index in [0.29, 0.717) is 6.41 Å². The fourth-order valence-electron chi connectivity index (χ4n) is 1.51. The van der Waals surface area contributed by atoms with E-state index >= 15 is 0 Å². The van der Waals surface area contributed by atoms with Crippen LogP contribution in [-0.4, -0.2) is 48.9 Å². The first-order chi connectivity index (χ1) is 7.65. The number of likely N-dealkylation sites (N-methyl/N-ethyl adjacent to an activating group) is 1. The zero-order chi connectivity index (χ0) is 12.0. The topological polar surface area (TPSA) is 64.8 Å². The lowest BCUT2D eigenvalue weighted by Crippen LogP contribution is -2.45. The number of hydrogen-bond acceptors (Lipinski definition) is 4. The van der Waals surface area contributed by atoms with Gasteiger partial charge in [-0.05, 0) is 19.3 Å². The van der Waals surface area contributed by atoms with Crippen LogP contribution in [0.3, 0.4) is 0 Å². The SMILES string of the molecule is CN(C=O)C(COC1CCCCO1)C(N)=S. The van der Waals surface area contributed by atoms with E-state index in [4.69, 9.17) is 27.4 Å². The van der Waals surface area contributed by atoms with E-state index in [1.807, 2.05) is 0 Å². The molecule has 16 heavy (non-hydrogen) atoms. The average molecular weight is 246 g/mol. The highest BCUT2D eigenvalue weighted by Gasteiger charge is 2.20. The van der Waals surface area contributed by atoms with Gasteiger partial charge in [-0.3, -0.25) is 4.79 Å². The van der Waals surface area contributed by atoms with E-state index in [1.54, 1.807) is 7.05 Å². The van der Waals surface area contributed by atoms with Crippen LogP contribution < -0.4 is 5.73 Å². The molecule has 5 nitrogen and oxygen atoms in total. The second-order valence-corrected chi connectivity index (χ2v) is 4.29. The van der Waals surface area contributed by atoms with Crippen molar-refractivity contribution in [3.05, 3.63) is 0 Å². The molecule has 1 rings (SSSR count). The van der Waals surface area contributed by atoms with Crippen LogP contribution in [0.4, 0.5) is 0 Å². The van der Waals surface area contributed by atoms with Gasteiger partial charge in [-0.15, -0.1) is 0 Å². The molecule has 1 saturated heterocycles. The van der Waals surface area contributed by atoms with Crippen molar-refractivity contribution in [2.75, 3.05) is 20.3 Å². The number of carbonyl (C=O) groups excluding carboxylic acids is 1. The van der Waals surface area contributed by atoms with E-state index in [-0.39, 0.29) is 23.9 Å². The van der Waals surface area contributed by atoms with Gasteiger partial charge in [0.25, 0.3) is 0 Å². The molecule has 0 saturated carbocycles. The van der Waals surface area contributed by atoms with E-state index < -0.39 is 0 Å². The maximum absolute atomic E-state index is 10.6. The number of ether oxygens (including phenoxy) is 2. The van der Waals surface area contributed by atoms with Crippen molar-refractivity contribution in [3.63, 3.8) is 0 Å². The normalized spacial score (nSPS) is 22.4. The van der Waals surface area contributed by atoms with Gasteiger partial charge >= 0.3 is 0 Å². The first kappa shape index (κ1) is 13.3. The Labute approximate surface area is 101 Å². The van der Waals surface area contributed by atoms with Gasteiger partial charge in [0, 0.05) is 13.7 Å². The van der Waals surface area contributed by atoms with Gasteiger partial charge in [0.15, 0.2) is 6.29 Å². The summed E-state index contributed by atoms with van der Waals surface area (Å²) in [5.74, 6) is 0. The quantitative estimate of drug-likeness (QED) is 0.538. The van der Waals surface area contributed by atoms with Crippen molar-refractivity contribution >= 4 is 23.6 Å². The van der Waals surface area contributed by atoms with Crippen molar-refractivity contribution in [2.24, 2.45) is 5.73 Å². The molecule has 0 aromatic carbocycles. The second kappa shape index (κ2) is 6.78. The molecular weight excluding hydrogens is 228 g/mol. The Kier molecular flexibility index (Phi) is 5.65. The molecule has 1 heterocycles. The summed E-state index contributed by atoms with van der Waals surface area (Å²) in [5, 5.41) is 0. The van der Waals surface area contributed by atoms with Crippen LogP contribution in [0.25, 0.3) is 0 Å². The summed E-state index contributed by atoms with van der Waals surface area (Å²) < 4.78 is 10.9. The number of rotatable bonds is 6. The first-order valence-electron chi connectivity index (χ1n) is 5.35. The molecule has 2 unspecified atom stereocenters. The zero-order valence-electron chi connectivity index (χ0n) is 9.43. The Bertz CT molecular complexity index is 244. The van der Waals surface area contributed by atoms with Crippen molar-refractivity contribution in [3.8, 4) is 0 Å². The molecule has 1 fully saturated rings. The van der Waals surface area contributed by atoms with E-state index in [9.17, 15) is 4.79 Å². The predicted octanol–water partition coefficient (Wildman–Crippen LogP) is 0.272. The van der Waals surface area contributed by atoms with Crippen LogP contribution in [0.2, 0.25) is 0 Å². The van der Waals surface area contributed by atoms with Gasteiger partial charge in [-0.2, -0.15) is 0 Å². The van der Waals surface area contributed by atoms with Gasteiger partial charge < -0.3 is 20.1 Å². The molecule has 1 aliphatic rings. The molecular formula is C10H18N2O3S. The maximum Gasteiger partial charge on any atom is 0.210 e. The van der Waals surface area contributed by atoms with Crippen LogP contribution in [-0.2, 0) is 14.3 Å². The minimum atomic E-state index is -0.363. The summed E-state index contributed by atoms with van der Waals surface area (Å²) in [6, 6.07) is -0.363. The largest absolute Gasteiger partial charge is 0.392 e. The predicted molar refractivity (Wildman–Crippen MR) is 63.9 cm³/mol. The second-order valence-electron chi connectivity index (χ2n) is 3.82. The maximum atomic E-state index is 10.6. The Hall–Kier alpha value is -0.720. The molecule has 0 aromatic heterocycles. The van der Waals surface area contributed by atoms with Crippen molar-refractivity contribution in [1.29, 1.82) is 0 Å². The molecule has 2 atom stereocenters. The lowest BCUT2D eigenvalue weighted by atomic mass is 10.2. The van der Waals surface area contributed by atoms with Gasteiger partial charge in [-0.1, -0.05) is 12.2 Å². The Morgan fingerprint density at radius 3 is 3.00 bits per heavy atom. The lowest BCUT2D eigenvalue weighted by Gasteiger charge is -2.27. The van der Waals surface area contributed by atoms with Gasteiger partial charge in [0.1, 0.15) is 6.04 Å². The molecule has 0 aromatic rings. The van der Waals surface area contributed by atoms with Gasteiger partial charge in [0.05, 0.1) is 11.6 Å². The standard InChI is InChI=1S/C10H18N2O3S/c1-12(7-13)8(10(11)16)6-15-9-4-2-3-5-14-9/h7-9H,2-6H2,1H3,(H2,11,16). The molecule has 6 heteroatoms. The third kappa shape index (κ3) is 4.03. The Morgan fingerprint density at radius 1 is 1.75 bits per heavy atom. The lowest BCUT2D eigenvalue weighted by molar-refractivity contribution is -0.167. The smallest absolute Gasteiger partial charge is 0.210 e. The summed E-state index contributed by atoms with van der Waals surface area (Å²) in [7, 11) is 1.63. The molecule has 0 bridgehead atoms. The van der Waals surface area contributed by atoms with Crippen LogP contribution in [0.15, 0.2) is 0 Å². The van der Waals surface area contributed by atoms with Crippen LogP contribution in [0.5, 0.6) is 0 Å². The minimum absolute atomic E-state index is 0.189. The van der Waals surface area contributed by atoms with Crippen molar-refractivity contribution < 1.29 is 14.3 Å². The highest BCUT2D eigenvalue weighted by molar-refractivity contribution is 7.80. The number of hydrogen-bond donors (Lipinski definition) is 1. The molecule has 0 aliphatic carbocycles. The summed E-state index contributed by atoms with van der Waals surface area (Å²) in [6.45, 7) is 1.02. The zero-order valence-corrected chi connectivity index (χ0v) is 10.2. The minimum Gasteiger partial charge on any atom is -0.392 e. The number of nitrogens with two attached hydrogens (primary N) is 1. The summed E-state index contributed by atoms with van der Waals surface area (Å²) in [6.07, 6.45) is 3.56. The number of amides is 1. The number of thiocarbonyl (C=S) groups is 1. The third-order valence-corrected chi connectivity index (χ3v) is 2.84. The fraction of sp³-hybridized carbons (Fsp3) is 0.800. The third-order valence-electron chi connectivity index (χ3n) is 2.56. The van der Waals surface area contributed by atoms with Gasteiger partial charge in [0.2, 0.25) is 6.41 Å². The molecule has 2 N–H and O–H groups in total. The highest BCUT2D eigenvalue weighted by atomic mass is 32.1.